The molecule has 0 aromatic rings. The molecule has 32 nitrogen and oxygen atoms in total. The zero-order chi connectivity index (χ0) is 75.5. The number of hydrogen-bond donors (Lipinski definition) is 19. The predicted octanol–water partition coefficient (Wildman–Crippen LogP) is 0.563. The minimum absolute atomic E-state index is 0.179. The Morgan fingerprint density at radius 2 is 0.922 bits per heavy atom. The van der Waals surface area contributed by atoms with Gasteiger partial charge in [-0.15, -0.1) is 0 Å². The summed E-state index contributed by atoms with van der Waals surface area (Å²) in [5.41, 5.74) is 0. The number of unbranched alkanes of at least 4 members (excludes halogenated alkanes) is 26. The summed E-state index contributed by atoms with van der Waals surface area (Å²) in [6.07, 6.45) is -9.93. The van der Waals surface area contributed by atoms with Gasteiger partial charge in [-0.2, -0.15) is 0 Å². The molecular weight excluding hydrogens is 1350 g/mol. The van der Waals surface area contributed by atoms with Crippen molar-refractivity contribution in [3.05, 3.63) is 0 Å². The van der Waals surface area contributed by atoms with Gasteiger partial charge in [0.15, 0.2) is 12.6 Å². The van der Waals surface area contributed by atoms with Crippen molar-refractivity contribution in [3.63, 3.8) is 0 Å². The Bertz CT molecular complexity index is 2360. The third kappa shape index (κ3) is 28.6. The van der Waals surface area contributed by atoms with Gasteiger partial charge in [0.2, 0.25) is 17.7 Å². The molecule has 3 amide bonds. The van der Waals surface area contributed by atoms with Gasteiger partial charge in [0.1, 0.15) is 85.5 Å². The Hall–Kier alpha value is -3.53. The summed E-state index contributed by atoms with van der Waals surface area (Å²) in [7, 11) is 0. The lowest BCUT2D eigenvalue weighted by atomic mass is 9.87. The van der Waals surface area contributed by atoms with Crippen LogP contribution in [0.4, 0.5) is 0 Å². The standard InChI is InChI=1S/C70H127N3O29/c1-5-7-9-11-13-15-17-19-20-22-24-26-28-30-32-34-52(84)73-44(45(80)33-31-29-27-25-23-21-18-16-14-12-10-8-6-2)41-95-65-59(89)58(88)61(51(40-77)97-65)98-66-60(90)64(56(86)49(38-75)96-66)102-70(68(93)94)36-47(82)54(72-43(4)79)63(101-70)57(87)50(39-76)99-69(67(91)92)35-46(81)53(71-42(3)78)62(100-69)55(85)48(83)37-74/h44-51,53-66,74-77,80-83,85-90H,5-41H2,1-4H3,(H,71,78)(H,72,79)(H,73,84)(H,91,92)(H,93,94)/t44-,45+,46-,47-,48+,49+,50+,51+,53+,54+,55+,56-,57+,58+,59+,60+,61+,62?,63?,64-,65+,66-,69+,70-/m0/s1. The summed E-state index contributed by atoms with van der Waals surface area (Å²) in [6.45, 7) is 1.18. The molecule has 32 heteroatoms. The number of nitrogens with one attached hydrogen (secondary N) is 3. The van der Waals surface area contributed by atoms with E-state index >= 15 is 0 Å². The molecular formula is C70H127N3O29. The van der Waals surface area contributed by atoms with Crippen molar-refractivity contribution in [2.45, 2.75) is 379 Å². The van der Waals surface area contributed by atoms with E-state index in [0.717, 1.165) is 65.2 Å². The number of rotatable bonds is 53. The molecule has 4 saturated heterocycles. The van der Waals surface area contributed by atoms with Crippen LogP contribution < -0.4 is 16.0 Å². The van der Waals surface area contributed by atoms with Gasteiger partial charge < -0.3 is 136 Å². The molecule has 0 aliphatic carbocycles. The molecule has 0 aromatic heterocycles. The predicted molar refractivity (Wildman–Crippen MR) is 363 cm³/mol. The van der Waals surface area contributed by atoms with E-state index in [1.165, 1.54) is 116 Å². The quantitative estimate of drug-likeness (QED) is 0.0370. The highest BCUT2D eigenvalue weighted by Crippen LogP contribution is 2.41. The summed E-state index contributed by atoms with van der Waals surface area (Å²) in [4.78, 5) is 65.0. The van der Waals surface area contributed by atoms with Crippen LogP contribution in [0.3, 0.4) is 0 Å². The lowest BCUT2D eigenvalue weighted by Crippen LogP contribution is -2.72. The maximum atomic E-state index is 13.6. The first-order chi connectivity index (χ1) is 48.7. The number of aliphatic carboxylic acids is 2. The van der Waals surface area contributed by atoms with Crippen LogP contribution in [0.25, 0.3) is 0 Å². The fourth-order valence-corrected chi connectivity index (χ4v) is 13.8. The van der Waals surface area contributed by atoms with E-state index in [-0.39, 0.29) is 12.3 Å². The normalized spacial score (nSPS) is 31.7. The zero-order valence-corrected chi connectivity index (χ0v) is 60.3. The first-order valence-electron chi connectivity index (χ1n) is 37.5. The molecule has 0 aromatic carbocycles. The second kappa shape index (κ2) is 48.0. The fourth-order valence-electron chi connectivity index (χ4n) is 13.8. The van der Waals surface area contributed by atoms with Crippen molar-refractivity contribution in [1.82, 2.24) is 16.0 Å². The van der Waals surface area contributed by atoms with E-state index in [1.54, 1.807) is 0 Å². The van der Waals surface area contributed by atoms with Crippen LogP contribution in [-0.4, -0.2) is 290 Å². The van der Waals surface area contributed by atoms with Gasteiger partial charge in [-0.3, -0.25) is 14.4 Å². The summed E-state index contributed by atoms with van der Waals surface area (Å²) in [6, 6.07) is -4.63. The van der Waals surface area contributed by atoms with Gasteiger partial charge in [0.25, 0.3) is 11.6 Å². The van der Waals surface area contributed by atoms with Crippen molar-refractivity contribution in [3.8, 4) is 0 Å². The molecule has 19 N–H and O–H groups in total. The first kappa shape index (κ1) is 90.9. The minimum atomic E-state index is -3.39. The highest BCUT2D eigenvalue weighted by Gasteiger charge is 2.62. The highest BCUT2D eigenvalue weighted by atomic mass is 16.8. The van der Waals surface area contributed by atoms with Gasteiger partial charge >= 0.3 is 11.9 Å². The van der Waals surface area contributed by atoms with Crippen molar-refractivity contribution < 1.29 is 144 Å². The number of aliphatic hydroxyl groups is 14. The Labute approximate surface area is 599 Å². The lowest BCUT2D eigenvalue weighted by Gasteiger charge is -2.51. The largest absolute Gasteiger partial charge is 0.477 e. The number of ether oxygens (including phenoxy) is 8. The number of carboxylic acids is 2. The van der Waals surface area contributed by atoms with Gasteiger partial charge in [-0.1, -0.05) is 187 Å². The SMILES string of the molecule is CCCCCCCCCCCCCCCCCC(=O)N[C@@H](CO[C@@H]1O[C@H](CO)[C@@H](O[C@@H]2O[C@H](CO)[C@H](O)[C@H](O[C@]3(C(=O)O)C[C@H](O)[C@@H](NC(C)=O)C([C@H](O)[C@@H](CO)O[C@]4(C(=O)O)C[C@H](O)[C@@H](NC(C)=O)C([C@H](O)[C@H](O)CO)O4)O3)[C@H]2O)[C@H](O)[C@H]1O)[C@H](O)CCCCCCCCCCCCCCC. The van der Waals surface area contributed by atoms with E-state index in [2.05, 4.69) is 29.8 Å². The molecule has 0 radical (unpaired) electrons. The van der Waals surface area contributed by atoms with E-state index in [1.807, 2.05) is 0 Å². The van der Waals surface area contributed by atoms with E-state index in [9.17, 15) is 106 Å². The molecule has 596 valence electrons. The average Bonchev–Trinajstić information content (AvgIpc) is 0.755. The number of carboxylic acid groups (broad SMARTS) is 2. The molecule has 0 spiro atoms. The maximum Gasteiger partial charge on any atom is 0.364 e. The molecule has 4 rings (SSSR count). The van der Waals surface area contributed by atoms with Crippen LogP contribution >= 0.6 is 0 Å². The first-order valence-corrected chi connectivity index (χ1v) is 37.5. The summed E-state index contributed by atoms with van der Waals surface area (Å²) >= 11 is 0. The Morgan fingerprint density at radius 3 is 1.36 bits per heavy atom. The summed E-state index contributed by atoms with van der Waals surface area (Å²) in [5.74, 6) is -13.1. The maximum absolute atomic E-state index is 13.6. The average molecular weight is 1470 g/mol. The smallest absolute Gasteiger partial charge is 0.364 e. The Balaban J connectivity index is 1.49. The van der Waals surface area contributed by atoms with Crippen LogP contribution in [-0.2, 0) is 61.9 Å². The van der Waals surface area contributed by atoms with Gasteiger partial charge in [0, 0.05) is 33.1 Å². The van der Waals surface area contributed by atoms with Crippen molar-refractivity contribution >= 4 is 29.7 Å². The number of carbonyl (C=O) groups is 5. The van der Waals surface area contributed by atoms with E-state index in [0.29, 0.717) is 19.3 Å². The molecule has 102 heavy (non-hydrogen) atoms. The molecule has 0 bridgehead atoms. The molecule has 4 fully saturated rings. The Kier molecular flexibility index (Phi) is 42.8. The molecule has 4 aliphatic rings. The number of carbonyl (C=O) groups excluding carboxylic acids is 3. The molecule has 4 aliphatic heterocycles. The van der Waals surface area contributed by atoms with Crippen LogP contribution in [0, 0.1) is 0 Å². The summed E-state index contributed by atoms with van der Waals surface area (Å²) < 4.78 is 46.5. The van der Waals surface area contributed by atoms with E-state index < -0.39 is 216 Å². The monoisotopic (exact) mass is 1470 g/mol. The topological polar surface area (TPSA) is 519 Å². The molecule has 0 saturated carbocycles. The third-order valence-corrected chi connectivity index (χ3v) is 19.8. The molecule has 4 heterocycles. The summed E-state index contributed by atoms with van der Waals surface area (Å²) in [5, 5.41) is 185. The van der Waals surface area contributed by atoms with Gasteiger partial charge in [-0.05, 0) is 12.8 Å². The Morgan fingerprint density at radius 1 is 0.490 bits per heavy atom. The third-order valence-electron chi connectivity index (χ3n) is 19.8. The number of amides is 3. The van der Waals surface area contributed by atoms with Crippen LogP contribution in [0.5, 0.6) is 0 Å². The molecule has 24 atom stereocenters. The zero-order valence-electron chi connectivity index (χ0n) is 60.3. The van der Waals surface area contributed by atoms with E-state index in [4.69, 9.17) is 37.9 Å². The van der Waals surface area contributed by atoms with Gasteiger partial charge in [-0.25, -0.2) is 9.59 Å². The fraction of sp³-hybridized carbons (Fsp3) is 0.929. The van der Waals surface area contributed by atoms with Crippen LogP contribution in [0.1, 0.15) is 233 Å². The van der Waals surface area contributed by atoms with Crippen molar-refractivity contribution in [2.75, 3.05) is 33.0 Å². The second-order valence-corrected chi connectivity index (χ2v) is 28.2. The van der Waals surface area contributed by atoms with Crippen LogP contribution in [0.15, 0.2) is 0 Å². The van der Waals surface area contributed by atoms with Crippen molar-refractivity contribution in [2.24, 2.45) is 0 Å². The second-order valence-electron chi connectivity index (χ2n) is 28.2. The number of hydrogen-bond acceptors (Lipinski definition) is 27. The minimum Gasteiger partial charge on any atom is -0.477 e. The van der Waals surface area contributed by atoms with Crippen LogP contribution in [0.2, 0.25) is 0 Å². The number of aliphatic hydroxyl groups excluding tert-OH is 14. The molecule has 2 unspecified atom stereocenters. The van der Waals surface area contributed by atoms with Crippen molar-refractivity contribution in [1.29, 1.82) is 0 Å². The van der Waals surface area contributed by atoms with Gasteiger partial charge in [0.05, 0.1) is 69.5 Å². The lowest BCUT2D eigenvalue weighted by molar-refractivity contribution is -0.388. The highest BCUT2D eigenvalue weighted by molar-refractivity contribution is 5.78.